The number of carbonyl (C=O) groups is 2. The smallest absolute Gasteiger partial charge is 0.267 e. The van der Waals surface area contributed by atoms with E-state index < -0.39 is 0 Å². The predicted molar refractivity (Wildman–Crippen MR) is 120 cm³/mol. The molecule has 0 saturated carbocycles. The van der Waals surface area contributed by atoms with Gasteiger partial charge in [0.05, 0.1) is 5.69 Å². The molecule has 0 atom stereocenters. The molecule has 1 aromatic carbocycles. The molecule has 1 aromatic heterocycles. The Morgan fingerprint density at radius 3 is 2.59 bits per heavy atom. The second kappa shape index (κ2) is 8.95. The van der Waals surface area contributed by atoms with Crippen molar-refractivity contribution in [3.63, 3.8) is 0 Å². The molecule has 29 heavy (non-hydrogen) atoms. The van der Waals surface area contributed by atoms with Crippen LogP contribution in [-0.2, 0) is 4.79 Å². The standard InChI is InChI=1S/C22H30N4O2S/c1-6-25(7-2)16-10-11-17(15(5)13-16)23-21(28)20-19(14(3)4)24-22(29-20)26-12-8-9-18(26)27/h10-11,13-14H,6-9,12H2,1-5H3,(H,23,28). The van der Waals surface area contributed by atoms with Crippen LogP contribution >= 0.6 is 11.3 Å². The summed E-state index contributed by atoms with van der Waals surface area (Å²) in [5, 5.41) is 3.68. The Labute approximate surface area is 176 Å². The lowest BCUT2D eigenvalue weighted by Gasteiger charge is -2.22. The molecule has 1 aliphatic heterocycles. The summed E-state index contributed by atoms with van der Waals surface area (Å²) in [6, 6.07) is 6.11. The van der Waals surface area contributed by atoms with E-state index in [1.165, 1.54) is 11.3 Å². The molecule has 2 amide bonds. The molecule has 0 bridgehead atoms. The molecule has 1 saturated heterocycles. The minimum Gasteiger partial charge on any atom is -0.372 e. The summed E-state index contributed by atoms with van der Waals surface area (Å²) in [7, 11) is 0. The lowest BCUT2D eigenvalue weighted by atomic mass is 10.1. The fourth-order valence-corrected chi connectivity index (χ4v) is 4.75. The van der Waals surface area contributed by atoms with Crippen LogP contribution in [0.15, 0.2) is 18.2 Å². The molecule has 2 heterocycles. The summed E-state index contributed by atoms with van der Waals surface area (Å²) in [5.41, 5.74) is 3.72. The van der Waals surface area contributed by atoms with E-state index >= 15 is 0 Å². The SMILES string of the molecule is CCN(CC)c1ccc(NC(=O)c2sc(N3CCCC3=O)nc2C(C)C)c(C)c1. The molecule has 7 heteroatoms. The molecular formula is C22H30N4O2S. The van der Waals surface area contributed by atoms with E-state index in [1.54, 1.807) is 4.90 Å². The van der Waals surface area contributed by atoms with Crippen molar-refractivity contribution in [2.75, 3.05) is 34.8 Å². The molecule has 1 aliphatic rings. The van der Waals surface area contributed by atoms with Crippen LogP contribution in [0.1, 0.15) is 67.4 Å². The van der Waals surface area contributed by atoms with Gasteiger partial charge in [0, 0.05) is 37.4 Å². The fourth-order valence-electron chi connectivity index (χ4n) is 3.59. The number of rotatable bonds is 7. The van der Waals surface area contributed by atoms with E-state index in [0.29, 0.717) is 23.0 Å². The van der Waals surface area contributed by atoms with Crippen molar-refractivity contribution in [1.29, 1.82) is 0 Å². The minimum absolute atomic E-state index is 0.0869. The van der Waals surface area contributed by atoms with E-state index in [-0.39, 0.29) is 17.7 Å². The summed E-state index contributed by atoms with van der Waals surface area (Å²) >= 11 is 1.31. The van der Waals surface area contributed by atoms with E-state index in [4.69, 9.17) is 0 Å². The van der Waals surface area contributed by atoms with Crippen LogP contribution in [0.3, 0.4) is 0 Å². The first-order chi connectivity index (χ1) is 13.8. The highest BCUT2D eigenvalue weighted by atomic mass is 32.1. The van der Waals surface area contributed by atoms with Gasteiger partial charge in [-0.25, -0.2) is 4.98 Å². The van der Waals surface area contributed by atoms with E-state index in [0.717, 1.165) is 42.1 Å². The number of anilines is 3. The zero-order valence-corrected chi connectivity index (χ0v) is 18.7. The van der Waals surface area contributed by atoms with Crippen LogP contribution < -0.4 is 15.1 Å². The number of aryl methyl sites for hydroxylation is 1. The lowest BCUT2D eigenvalue weighted by molar-refractivity contribution is -0.117. The summed E-state index contributed by atoms with van der Waals surface area (Å²) in [6.07, 6.45) is 1.39. The summed E-state index contributed by atoms with van der Waals surface area (Å²) in [6.45, 7) is 12.9. The second-order valence-corrected chi connectivity index (χ2v) is 8.62. The second-order valence-electron chi connectivity index (χ2n) is 7.64. The molecule has 0 aliphatic carbocycles. The Morgan fingerprint density at radius 2 is 2.03 bits per heavy atom. The van der Waals surface area contributed by atoms with Gasteiger partial charge in [-0.2, -0.15) is 0 Å². The zero-order chi connectivity index (χ0) is 21.1. The van der Waals surface area contributed by atoms with Gasteiger partial charge in [0.25, 0.3) is 5.91 Å². The Morgan fingerprint density at radius 1 is 1.31 bits per heavy atom. The molecular weight excluding hydrogens is 384 g/mol. The molecule has 6 nitrogen and oxygen atoms in total. The van der Waals surface area contributed by atoms with Gasteiger partial charge in [-0.1, -0.05) is 25.2 Å². The Kier molecular flexibility index (Phi) is 6.57. The third-order valence-corrected chi connectivity index (χ3v) is 6.38. The molecule has 0 radical (unpaired) electrons. The van der Waals surface area contributed by atoms with Crippen LogP contribution in [0, 0.1) is 6.92 Å². The van der Waals surface area contributed by atoms with Gasteiger partial charge in [0.15, 0.2) is 5.13 Å². The first-order valence-corrected chi connectivity index (χ1v) is 11.1. The van der Waals surface area contributed by atoms with Crippen LogP contribution in [-0.4, -0.2) is 36.4 Å². The van der Waals surface area contributed by atoms with Crippen molar-refractivity contribution in [2.24, 2.45) is 0 Å². The fraction of sp³-hybridized carbons (Fsp3) is 0.500. The maximum atomic E-state index is 13.1. The van der Waals surface area contributed by atoms with Gasteiger partial charge in [-0.05, 0) is 56.9 Å². The maximum Gasteiger partial charge on any atom is 0.267 e. The zero-order valence-electron chi connectivity index (χ0n) is 17.9. The van der Waals surface area contributed by atoms with Crippen molar-refractivity contribution < 1.29 is 9.59 Å². The minimum atomic E-state index is -0.164. The molecule has 156 valence electrons. The number of hydrogen-bond donors (Lipinski definition) is 1. The highest BCUT2D eigenvalue weighted by Gasteiger charge is 2.28. The molecule has 0 unspecified atom stereocenters. The van der Waals surface area contributed by atoms with Crippen LogP contribution in [0.5, 0.6) is 0 Å². The van der Waals surface area contributed by atoms with Crippen molar-refractivity contribution in [3.8, 4) is 0 Å². The molecule has 2 aromatic rings. The van der Waals surface area contributed by atoms with E-state index in [1.807, 2.05) is 32.9 Å². The number of carbonyl (C=O) groups excluding carboxylic acids is 2. The quantitative estimate of drug-likeness (QED) is 0.707. The van der Waals surface area contributed by atoms with Gasteiger partial charge in [-0.3, -0.25) is 14.5 Å². The number of nitrogens with zero attached hydrogens (tertiary/aromatic N) is 3. The topological polar surface area (TPSA) is 65.5 Å². The lowest BCUT2D eigenvalue weighted by Crippen LogP contribution is -2.23. The summed E-state index contributed by atoms with van der Waals surface area (Å²) in [5.74, 6) is 0.0243. The van der Waals surface area contributed by atoms with E-state index in [2.05, 4.69) is 35.1 Å². The third-order valence-electron chi connectivity index (χ3n) is 5.29. The van der Waals surface area contributed by atoms with Gasteiger partial charge in [0.1, 0.15) is 4.88 Å². The largest absolute Gasteiger partial charge is 0.372 e. The van der Waals surface area contributed by atoms with Crippen LogP contribution in [0.25, 0.3) is 0 Å². The monoisotopic (exact) mass is 414 g/mol. The van der Waals surface area contributed by atoms with Gasteiger partial charge in [0.2, 0.25) is 5.91 Å². The number of aromatic nitrogens is 1. The maximum absolute atomic E-state index is 13.1. The summed E-state index contributed by atoms with van der Waals surface area (Å²) in [4.78, 5) is 34.4. The third kappa shape index (κ3) is 4.45. The van der Waals surface area contributed by atoms with Crippen molar-refractivity contribution in [3.05, 3.63) is 34.3 Å². The van der Waals surface area contributed by atoms with E-state index in [9.17, 15) is 9.59 Å². The predicted octanol–water partition coefficient (Wildman–Crippen LogP) is 4.80. The molecule has 0 spiro atoms. The number of nitrogens with one attached hydrogen (secondary N) is 1. The average molecular weight is 415 g/mol. The highest BCUT2D eigenvalue weighted by molar-refractivity contribution is 7.18. The van der Waals surface area contributed by atoms with Gasteiger partial charge in [-0.15, -0.1) is 0 Å². The number of amides is 2. The highest BCUT2D eigenvalue weighted by Crippen LogP contribution is 2.34. The number of benzene rings is 1. The first-order valence-electron chi connectivity index (χ1n) is 10.3. The Hall–Kier alpha value is -2.41. The van der Waals surface area contributed by atoms with Crippen molar-refractivity contribution in [2.45, 2.75) is 53.4 Å². The molecule has 3 rings (SSSR count). The van der Waals surface area contributed by atoms with Crippen LogP contribution in [0.4, 0.5) is 16.5 Å². The first kappa shape index (κ1) is 21.3. The number of hydrogen-bond acceptors (Lipinski definition) is 5. The summed E-state index contributed by atoms with van der Waals surface area (Å²) < 4.78 is 0. The van der Waals surface area contributed by atoms with Crippen molar-refractivity contribution in [1.82, 2.24) is 4.98 Å². The average Bonchev–Trinajstić information content (AvgIpc) is 3.31. The van der Waals surface area contributed by atoms with Crippen LogP contribution in [0.2, 0.25) is 0 Å². The molecule has 1 N–H and O–H groups in total. The van der Waals surface area contributed by atoms with Crippen molar-refractivity contribution >= 4 is 39.7 Å². The number of thiazole rings is 1. The normalized spacial score (nSPS) is 14.0. The Bertz CT molecular complexity index is 902. The van der Waals surface area contributed by atoms with Gasteiger partial charge < -0.3 is 10.2 Å². The Balaban J connectivity index is 1.85. The molecule has 1 fully saturated rings. The van der Waals surface area contributed by atoms with Gasteiger partial charge >= 0.3 is 0 Å².